The fourth-order valence-electron chi connectivity index (χ4n) is 2.20. The van der Waals surface area contributed by atoms with Crippen LogP contribution in [0.4, 0.5) is 5.69 Å². The molecule has 4 heteroatoms. The summed E-state index contributed by atoms with van der Waals surface area (Å²) in [5.74, 6) is 0.635. The predicted octanol–water partition coefficient (Wildman–Crippen LogP) is 3.82. The number of hydrogen-bond acceptors (Lipinski definition) is 2. The van der Waals surface area contributed by atoms with E-state index in [-0.39, 0.29) is 5.91 Å². The number of carbonyl (C=O) groups is 1. The molecule has 0 spiro atoms. The van der Waals surface area contributed by atoms with Gasteiger partial charge in [-0.1, -0.05) is 0 Å². The number of rotatable bonds is 4. The number of aromatic amines is 1. The zero-order chi connectivity index (χ0) is 14.7. The van der Waals surface area contributed by atoms with Gasteiger partial charge in [0.05, 0.1) is 6.61 Å². The Kier molecular flexibility index (Phi) is 3.60. The van der Waals surface area contributed by atoms with Crippen LogP contribution < -0.4 is 10.1 Å². The van der Waals surface area contributed by atoms with Crippen LogP contribution in [0.2, 0.25) is 0 Å². The summed E-state index contributed by atoms with van der Waals surface area (Å²) in [4.78, 5) is 15.3. The summed E-state index contributed by atoms with van der Waals surface area (Å²) in [6.45, 7) is 2.54. The van der Waals surface area contributed by atoms with E-state index in [4.69, 9.17) is 4.74 Å². The Hall–Kier alpha value is -2.75. The average Bonchev–Trinajstić information content (AvgIpc) is 2.96. The van der Waals surface area contributed by atoms with Gasteiger partial charge in [0.2, 0.25) is 0 Å². The van der Waals surface area contributed by atoms with E-state index in [0.29, 0.717) is 12.2 Å². The van der Waals surface area contributed by atoms with Crippen molar-refractivity contribution in [2.75, 3.05) is 11.9 Å². The van der Waals surface area contributed by atoms with Gasteiger partial charge in [0, 0.05) is 28.4 Å². The highest BCUT2D eigenvalue weighted by Gasteiger charge is 2.07. The molecular formula is C17H16N2O2. The zero-order valence-electron chi connectivity index (χ0n) is 11.7. The molecule has 1 aromatic heterocycles. The maximum Gasteiger partial charge on any atom is 0.255 e. The number of fused-ring (bicyclic) bond motifs is 1. The van der Waals surface area contributed by atoms with Gasteiger partial charge in [-0.05, 0) is 55.5 Å². The molecular weight excluding hydrogens is 264 g/mol. The van der Waals surface area contributed by atoms with E-state index >= 15 is 0 Å². The van der Waals surface area contributed by atoms with E-state index in [1.54, 1.807) is 24.3 Å². The van der Waals surface area contributed by atoms with Gasteiger partial charge in [-0.15, -0.1) is 0 Å². The van der Waals surface area contributed by atoms with Crippen molar-refractivity contribution in [1.82, 2.24) is 4.98 Å². The lowest BCUT2D eigenvalue weighted by Gasteiger charge is -2.07. The van der Waals surface area contributed by atoms with Crippen LogP contribution >= 0.6 is 0 Å². The minimum absolute atomic E-state index is 0.132. The second-order valence-electron chi connectivity index (χ2n) is 4.69. The van der Waals surface area contributed by atoms with Crippen LogP contribution in [0.15, 0.2) is 54.7 Å². The third kappa shape index (κ3) is 2.89. The Morgan fingerprint density at radius 1 is 1.14 bits per heavy atom. The largest absolute Gasteiger partial charge is 0.494 e. The zero-order valence-corrected chi connectivity index (χ0v) is 11.7. The molecule has 0 aliphatic rings. The maximum absolute atomic E-state index is 12.2. The smallest absolute Gasteiger partial charge is 0.255 e. The first-order chi connectivity index (χ1) is 10.3. The van der Waals surface area contributed by atoms with Gasteiger partial charge in [-0.3, -0.25) is 4.79 Å². The van der Waals surface area contributed by atoms with Crippen LogP contribution in [-0.2, 0) is 0 Å². The fourth-order valence-corrected chi connectivity index (χ4v) is 2.20. The molecule has 21 heavy (non-hydrogen) atoms. The normalized spacial score (nSPS) is 10.5. The van der Waals surface area contributed by atoms with Gasteiger partial charge in [0.15, 0.2) is 0 Å². The second kappa shape index (κ2) is 5.71. The number of nitrogens with one attached hydrogen (secondary N) is 2. The predicted molar refractivity (Wildman–Crippen MR) is 83.9 cm³/mol. The first kappa shape index (κ1) is 13.2. The topological polar surface area (TPSA) is 54.1 Å². The molecule has 2 aromatic carbocycles. The molecule has 0 saturated carbocycles. The lowest BCUT2D eigenvalue weighted by Crippen LogP contribution is -2.11. The van der Waals surface area contributed by atoms with Crippen LogP contribution in [0, 0.1) is 0 Å². The monoisotopic (exact) mass is 280 g/mol. The van der Waals surface area contributed by atoms with Gasteiger partial charge >= 0.3 is 0 Å². The van der Waals surface area contributed by atoms with Crippen molar-refractivity contribution < 1.29 is 9.53 Å². The first-order valence-corrected chi connectivity index (χ1v) is 6.87. The molecule has 0 saturated heterocycles. The number of hydrogen-bond donors (Lipinski definition) is 2. The number of aromatic nitrogens is 1. The van der Waals surface area contributed by atoms with E-state index < -0.39 is 0 Å². The van der Waals surface area contributed by atoms with Crippen molar-refractivity contribution in [3.63, 3.8) is 0 Å². The van der Waals surface area contributed by atoms with E-state index in [2.05, 4.69) is 10.3 Å². The van der Waals surface area contributed by atoms with E-state index in [9.17, 15) is 4.79 Å². The molecule has 3 aromatic rings. The average molecular weight is 280 g/mol. The van der Waals surface area contributed by atoms with Gasteiger partial charge in [-0.2, -0.15) is 0 Å². The van der Waals surface area contributed by atoms with E-state index in [0.717, 1.165) is 22.3 Å². The minimum Gasteiger partial charge on any atom is -0.494 e. The Morgan fingerprint density at radius 3 is 2.71 bits per heavy atom. The summed E-state index contributed by atoms with van der Waals surface area (Å²) in [5.41, 5.74) is 2.43. The van der Waals surface area contributed by atoms with Gasteiger partial charge < -0.3 is 15.0 Å². The molecule has 0 radical (unpaired) electrons. The highest BCUT2D eigenvalue weighted by molar-refractivity contribution is 6.05. The number of amides is 1. The summed E-state index contributed by atoms with van der Waals surface area (Å²) >= 11 is 0. The Labute approximate surface area is 122 Å². The van der Waals surface area contributed by atoms with Crippen molar-refractivity contribution >= 4 is 22.5 Å². The van der Waals surface area contributed by atoms with E-state index in [1.807, 2.05) is 37.4 Å². The molecule has 0 fully saturated rings. The number of anilines is 1. The fraction of sp³-hybridized carbons (Fsp3) is 0.118. The van der Waals surface area contributed by atoms with Crippen molar-refractivity contribution in [1.29, 1.82) is 0 Å². The third-order valence-electron chi connectivity index (χ3n) is 3.24. The highest BCUT2D eigenvalue weighted by Crippen LogP contribution is 2.19. The number of benzene rings is 2. The molecule has 0 aliphatic carbocycles. The molecule has 4 nitrogen and oxygen atoms in total. The second-order valence-corrected chi connectivity index (χ2v) is 4.69. The lowest BCUT2D eigenvalue weighted by atomic mass is 10.2. The Bertz CT molecular complexity index is 760. The summed E-state index contributed by atoms with van der Waals surface area (Å²) in [7, 11) is 0. The molecule has 0 atom stereocenters. The number of carbonyl (C=O) groups excluding carboxylic acids is 1. The van der Waals surface area contributed by atoms with E-state index in [1.165, 1.54) is 0 Å². The quantitative estimate of drug-likeness (QED) is 0.763. The molecule has 2 N–H and O–H groups in total. The molecule has 0 unspecified atom stereocenters. The van der Waals surface area contributed by atoms with Crippen molar-refractivity contribution in [2.24, 2.45) is 0 Å². The standard InChI is InChI=1S/C17H16N2O2/c1-2-21-15-6-3-12(4-7-15)17(20)19-14-5-8-16-13(11-14)9-10-18-16/h3-11,18H,2H2,1H3,(H,19,20). The lowest BCUT2D eigenvalue weighted by molar-refractivity contribution is 0.102. The number of H-pyrrole nitrogens is 1. The molecule has 0 bridgehead atoms. The summed E-state index contributed by atoms with van der Waals surface area (Å²) in [6.07, 6.45) is 1.88. The molecule has 3 rings (SSSR count). The van der Waals surface area contributed by atoms with Crippen LogP contribution in [0.5, 0.6) is 5.75 Å². The van der Waals surface area contributed by atoms with Crippen molar-refractivity contribution in [2.45, 2.75) is 6.92 Å². The molecule has 1 amide bonds. The first-order valence-electron chi connectivity index (χ1n) is 6.87. The summed E-state index contributed by atoms with van der Waals surface area (Å²) in [6, 6.07) is 14.9. The molecule has 1 heterocycles. The van der Waals surface area contributed by atoms with Crippen molar-refractivity contribution in [3.8, 4) is 5.75 Å². The Balaban J connectivity index is 1.75. The molecule has 106 valence electrons. The molecule has 0 aliphatic heterocycles. The minimum atomic E-state index is -0.132. The third-order valence-corrected chi connectivity index (χ3v) is 3.24. The SMILES string of the molecule is CCOc1ccc(C(=O)Nc2ccc3[nH]ccc3c2)cc1. The summed E-state index contributed by atoms with van der Waals surface area (Å²) < 4.78 is 5.36. The Morgan fingerprint density at radius 2 is 1.95 bits per heavy atom. The van der Waals surface area contributed by atoms with Crippen molar-refractivity contribution in [3.05, 3.63) is 60.3 Å². The number of ether oxygens (including phenoxy) is 1. The van der Waals surface area contributed by atoms with Gasteiger partial charge in [0.1, 0.15) is 5.75 Å². The highest BCUT2D eigenvalue weighted by atomic mass is 16.5. The maximum atomic E-state index is 12.2. The van der Waals surface area contributed by atoms with Gasteiger partial charge in [-0.25, -0.2) is 0 Å². The van der Waals surface area contributed by atoms with Crippen LogP contribution in [0.3, 0.4) is 0 Å². The van der Waals surface area contributed by atoms with Crippen LogP contribution in [-0.4, -0.2) is 17.5 Å². The van der Waals surface area contributed by atoms with Crippen LogP contribution in [0.25, 0.3) is 10.9 Å². The van der Waals surface area contributed by atoms with Gasteiger partial charge in [0.25, 0.3) is 5.91 Å². The summed E-state index contributed by atoms with van der Waals surface area (Å²) in [5, 5.41) is 3.97. The van der Waals surface area contributed by atoms with Crippen LogP contribution in [0.1, 0.15) is 17.3 Å².